The summed E-state index contributed by atoms with van der Waals surface area (Å²) in [6, 6.07) is 10.3. The summed E-state index contributed by atoms with van der Waals surface area (Å²) in [5.41, 5.74) is 2.56. The van der Waals surface area contributed by atoms with E-state index in [0.717, 1.165) is 11.1 Å². The van der Waals surface area contributed by atoms with E-state index in [1.165, 1.54) is 6.20 Å². The first-order valence-corrected chi connectivity index (χ1v) is 10.7. The van der Waals surface area contributed by atoms with E-state index in [1.807, 2.05) is 19.9 Å². The second kappa shape index (κ2) is 7.71. The monoisotopic (exact) mass is 428 g/mol. The molecule has 0 saturated carbocycles. The molecule has 4 rings (SSSR count). The minimum absolute atomic E-state index is 0.109. The third-order valence-corrected chi connectivity index (χ3v) is 5.74. The highest BCUT2D eigenvalue weighted by molar-refractivity contribution is 7.92. The van der Waals surface area contributed by atoms with E-state index in [-0.39, 0.29) is 10.6 Å². The van der Waals surface area contributed by atoms with Crippen LogP contribution in [0.1, 0.15) is 21.5 Å². The smallest absolute Gasteiger partial charge is 0.279 e. The number of fused-ring (bicyclic) bond motifs is 1. The van der Waals surface area contributed by atoms with Crippen LogP contribution in [0.25, 0.3) is 0 Å². The summed E-state index contributed by atoms with van der Waals surface area (Å²) in [6.07, 6.45) is 1.17. The second-order valence-corrected chi connectivity index (χ2v) is 8.53. The number of carbonyl (C=O) groups is 1. The molecule has 1 aliphatic heterocycles. The number of carbonyl (C=O) groups excluding carboxylic acids is 1. The highest BCUT2D eigenvalue weighted by atomic mass is 32.2. The number of nitrogens with zero attached hydrogens (tertiary/aromatic N) is 1. The molecule has 1 amide bonds. The first-order valence-electron chi connectivity index (χ1n) is 9.17. The van der Waals surface area contributed by atoms with Gasteiger partial charge in [0.05, 0.1) is 11.8 Å². The zero-order valence-electron chi connectivity index (χ0n) is 16.4. The minimum Gasteiger partial charge on any atom is -0.486 e. The number of ether oxygens (including phenoxy) is 2. The molecule has 0 saturated heterocycles. The van der Waals surface area contributed by atoms with Crippen LogP contribution >= 0.6 is 0 Å². The lowest BCUT2D eigenvalue weighted by Crippen LogP contribution is -2.20. The number of benzene rings is 2. The summed E-state index contributed by atoms with van der Waals surface area (Å²) in [5.74, 6) is 0.472. The predicted molar refractivity (Wildman–Crippen MR) is 111 cm³/mol. The second-order valence-electron chi connectivity index (χ2n) is 6.91. The van der Waals surface area contributed by atoms with Crippen molar-refractivity contribution in [2.24, 2.45) is 0 Å². The van der Waals surface area contributed by atoms with Crippen LogP contribution < -0.4 is 19.5 Å². The maximum atomic E-state index is 12.9. The molecular weight excluding hydrogens is 408 g/mol. The van der Waals surface area contributed by atoms with Gasteiger partial charge in [-0.3, -0.25) is 14.6 Å². The number of hydrogen-bond acceptors (Lipinski definition) is 6. The Kier molecular flexibility index (Phi) is 5.08. The molecule has 9 nitrogen and oxygen atoms in total. The number of rotatable bonds is 5. The van der Waals surface area contributed by atoms with Gasteiger partial charge in [0.15, 0.2) is 16.5 Å². The van der Waals surface area contributed by atoms with Crippen LogP contribution in [0.4, 0.5) is 11.4 Å². The Labute approximate surface area is 173 Å². The van der Waals surface area contributed by atoms with Gasteiger partial charge in [0, 0.05) is 17.4 Å². The zero-order chi connectivity index (χ0) is 21.3. The van der Waals surface area contributed by atoms with E-state index < -0.39 is 15.9 Å². The number of sulfonamides is 1. The van der Waals surface area contributed by atoms with Crippen LogP contribution in [0.2, 0.25) is 0 Å². The minimum atomic E-state index is -4.06. The van der Waals surface area contributed by atoms with E-state index in [4.69, 9.17) is 9.47 Å². The van der Waals surface area contributed by atoms with Crippen molar-refractivity contribution in [2.45, 2.75) is 18.9 Å². The van der Waals surface area contributed by atoms with Crippen molar-refractivity contribution in [1.29, 1.82) is 0 Å². The molecule has 2 heterocycles. The van der Waals surface area contributed by atoms with E-state index in [0.29, 0.717) is 36.1 Å². The van der Waals surface area contributed by atoms with Crippen molar-refractivity contribution in [3.63, 3.8) is 0 Å². The Hall–Kier alpha value is -3.53. The summed E-state index contributed by atoms with van der Waals surface area (Å²) in [5, 5.41) is 8.49. The van der Waals surface area contributed by atoms with Crippen LogP contribution in [0.15, 0.2) is 47.6 Å². The lowest BCUT2D eigenvalue weighted by atomic mass is 10.1. The standard InChI is InChI=1S/C20H20N4O5S/c1-12-7-13(2)9-15(8-12)24-30(26,27)20-16(11-21-23-20)19(25)22-14-3-4-17-18(10-14)29-6-5-28-17/h3-4,7-11,24H,5-6H2,1-2H3,(H,21,23)(H,22,25). The molecule has 1 aromatic heterocycles. The molecule has 0 atom stereocenters. The predicted octanol–water partition coefficient (Wildman–Crippen LogP) is 2.85. The van der Waals surface area contributed by atoms with Crippen LogP contribution in [-0.4, -0.2) is 37.7 Å². The number of H-pyrrole nitrogens is 1. The number of hydrogen-bond donors (Lipinski definition) is 3. The molecule has 0 unspecified atom stereocenters. The van der Waals surface area contributed by atoms with Crippen LogP contribution in [0, 0.1) is 13.8 Å². The summed E-state index contributed by atoms with van der Waals surface area (Å²) in [4.78, 5) is 12.7. The largest absolute Gasteiger partial charge is 0.486 e. The highest BCUT2D eigenvalue weighted by Crippen LogP contribution is 2.33. The molecule has 0 fully saturated rings. The van der Waals surface area contributed by atoms with Gasteiger partial charge in [0.25, 0.3) is 15.9 Å². The maximum absolute atomic E-state index is 12.9. The first-order chi connectivity index (χ1) is 14.3. The number of aromatic nitrogens is 2. The van der Waals surface area contributed by atoms with Crippen molar-refractivity contribution in [3.8, 4) is 11.5 Å². The molecule has 30 heavy (non-hydrogen) atoms. The first kappa shape index (κ1) is 19.8. The molecule has 0 aliphatic carbocycles. The summed E-state index contributed by atoms with van der Waals surface area (Å²) >= 11 is 0. The van der Waals surface area contributed by atoms with Crippen molar-refractivity contribution in [1.82, 2.24) is 10.2 Å². The van der Waals surface area contributed by atoms with Gasteiger partial charge < -0.3 is 14.8 Å². The lowest BCUT2D eigenvalue weighted by molar-refractivity contribution is 0.102. The summed E-state index contributed by atoms with van der Waals surface area (Å²) in [6.45, 7) is 4.61. The van der Waals surface area contributed by atoms with Gasteiger partial charge >= 0.3 is 0 Å². The Bertz CT molecular complexity index is 1200. The lowest BCUT2D eigenvalue weighted by Gasteiger charge is -2.19. The van der Waals surface area contributed by atoms with Gasteiger partial charge in [0.2, 0.25) is 0 Å². The van der Waals surface area contributed by atoms with Crippen LogP contribution in [0.3, 0.4) is 0 Å². The Morgan fingerprint density at radius 1 is 1.00 bits per heavy atom. The zero-order valence-corrected chi connectivity index (χ0v) is 17.2. The van der Waals surface area contributed by atoms with Crippen LogP contribution in [-0.2, 0) is 10.0 Å². The van der Waals surface area contributed by atoms with Gasteiger partial charge in [-0.25, -0.2) is 0 Å². The van der Waals surface area contributed by atoms with Gasteiger partial charge in [-0.1, -0.05) is 6.07 Å². The number of amides is 1. The van der Waals surface area contributed by atoms with Gasteiger partial charge in [0.1, 0.15) is 13.2 Å². The van der Waals surface area contributed by atoms with Gasteiger partial charge in [-0.2, -0.15) is 13.5 Å². The molecule has 0 spiro atoms. The Morgan fingerprint density at radius 3 is 2.43 bits per heavy atom. The third kappa shape index (κ3) is 4.08. The normalized spacial score (nSPS) is 13.0. The maximum Gasteiger partial charge on any atom is 0.279 e. The topological polar surface area (TPSA) is 122 Å². The molecule has 1 aliphatic rings. The number of anilines is 2. The van der Waals surface area contributed by atoms with E-state index in [1.54, 1.807) is 30.3 Å². The Balaban J connectivity index is 1.57. The molecule has 0 radical (unpaired) electrons. The fourth-order valence-electron chi connectivity index (χ4n) is 3.20. The quantitative estimate of drug-likeness (QED) is 0.574. The fraction of sp³-hybridized carbons (Fsp3) is 0.200. The molecule has 3 aromatic rings. The molecule has 156 valence electrons. The van der Waals surface area contributed by atoms with Crippen molar-refractivity contribution >= 4 is 27.3 Å². The van der Waals surface area contributed by atoms with Crippen LogP contribution in [0.5, 0.6) is 11.5 Å². The number of nitrogens with one attached hydrogen (secondary N) is 3. The molecule has 2 aromatic carbocycles. The molecule has 3 N–H and O–H groups in total. The van der Waals surface area contributed by atoms with Gasteiger partial charge in [-0.15, -0.1) is 0 Å². The average Bonchev–Trinajstić information content (AvgIpc) is 3.18. The summed E-state index contributed by atoms with van der Waals surface area (Å²) < 4.78 is 39.1. The average molecular weight is 428 g/mol. The van der Waals surface area contributed by atoms with E-state index in [2.05, 4.69) is 20.2 Å². The number of aromatic amines is 1. The third-order valence-electron chi connectivity index (χ3n) is 4.39. The molecule has 10 heteroatoms. The summed E-state index contributed by atoms with van der Waals surface area (Å²) in [7, 11) is -4.06. The van der Waals surface area contributed by atoms with E-state index in [9.17, 15) is 13.2 Å². The van der Waals surface area contributed by atoms with Crippen molar-refractivity contribution in [2.75, 3.05) is 23.3 Å². The van der Waals surface area contributed by atoms with Crippen molar-refractivity contribution in [3.05, 3.63) is 59.3 Å². The molecule has 0 bridgehead atoms. The molecular formula is C20H20N4O5S. The SMILES string of the molecule is Cc1cc(C)cc(NS(=O)(=O)c2[nH]ncc2C(=O)Nc2ccc3c(c2)OCCO3)c1. The highest BCUT2D eigenvalue weighted by Gasteiger charge is 2.26. The Morgan fingerprint density at radius 2 is 1.70 bits per heavy atom. The van der Waals surface area contributed by atoms with Gasteiger partial charge in [-0.05, 0) is 49.2 Å². The van der Waals surface area contributed by atoms with E-state index >= 15 is 0 Å². The van der Waals surface area contributed by atoms with Crippen molar-refractivity contribution < 1.29 is 22.7 Å². The number of aryl methyl sites for hydroxylation is 2. The fourth-order valence-corrected chi connectivity index (χ4v) is 4.34.